The van der Waals surface area contributed by atoms with Crippen LogP contribution in [0.2, 0.25) is 0 Å². The van der Waals surface area contributed by atoms with Gasteiger partial charge < -0.3 is 24.6 Å². The van der Waals surface area contributed by atoms with E-state index in [1.165, 1.54) is 16.7 Å². The predicted octanol–water partition coefficient (Wildman–Crippen LogP) is 3.69. The van der Waals surface area contributed by atoms with Crippen LogP contribution >= 0.6 is 24.0 Å². The zero-order chi connectivity index (χ0) is 22.5. The lowest BCUT2D eigenvalue weighted by Gasteiger charge is -2.36. The Kier molecular flexibility index (Phi) is 9.34. The lowest BCUT2D eigenvalue weighted by atomic mass is 10.00. The standard InChI is InChI=1S/C25H35N5O2.HI/c1-18-5-7-22(19(2)13-18)23-17-30(10-12-32-23)25(26-4)28-15-21-6-8-24(27-14-21)29-9-11-31-20(3)16-29;/h5-8,13-14,20,23H,9-12,15-17H2,1-4H3,(H,26,28);1H. The zero-order valence-corrected chi connectivity index (χ0v) is 22.4. The molecule has 1 aromatic carbocycles. The maximum absolute atomic E-state index is 6.10. The Morgan fingerprint density at radius 2 is 1.94 bits per heavy atom. The summed E-state index contributed by atoms with van der Waals surface area (Å²) in [5.41, 5.74) is 4.95. The number of pyridine rings is 1. The number of ether oxygens (including phenoxy) is 2. The van der Waals surface area contributed by atoms with Crippen LogP contribution in [-0.4, -0.2) is 68.4 Å². The molecule has 2 aromatic rings. The third-order valence-electron chi connectivity index (χ3n) is 6.17. The monoisotopic (exact) mass is 565 g/mol. The van der Waals surface area contributed by atoms with Gasteiger partial charge in [-0.15, -0.1) is 24.0 Å². The summed E-state index contributed by atoms with van der Waals surface area (Å²) >= 11 is 0. The van der Waals surface area contributed by atoms with Gasteiger partial charge in [-0.2, -0.15) is 0 Å². The van der Waals surface area contributed by atoms with Gasteiger partial charge in [0.1, 0.15) is 11.9 Å². The minimum absolute atomic E-state index is 0. The van der Waals surface area contributed by atoms with Crippen LogP contribution in [0.25, 0.3) is 0 Å². The number of rotatable bonds is 4. The lowest BCUT2D eigenvalue weighted by molar-refractivity contribution is -0.00834. The number of nitrogens with zero attached hydrogens (tertiary/aromatic N) is 4. The number of hydrogen-bond donors (Lipinski definition) is 1. The fraction of sp³-hybridized carbons (Fsp3) is 0.520. The average molecular weight is 566 g/mol. The van der Waals surface area contributed by atoms with Crippen LogP contribution in [-0.2, 0) is 16.0 Å². The van der Waals surface area contributed by atoms with Gasteiger partial charge >= 0.3 is 0 Å². The van der Waals surface area contributed by atoms with Crippen LogP contribution in [0.4, 0.5) is 5.82 Å². The number of guanidine groups is 1. The van der Waals surface area contributed by atoms with E-state index in [-0.39, 0.29) is 36.2 Å². The Balaban J connectivity index is 0.00000306. The van der Waals surface area contributed by atoms with Crippen molar-refractivity contribution in [2.75, 3.05) is 51.3 Å². The summed E-state index contributed by atoms with van der Waals surface area (Å²) in [6, 6.07) is 10.8. The smallest absolute Gasteiger partial charge is 0.194 e. The van der Waals surface area contributed by atoms with E-state index < -0.39 is 0 Å². The third kappa shape index (κ3) is 6.58. The van der Waals surface area contributed by atoms with Crippen molar-refractivity contribution < 1.29 is 9.47 Å². The maximum atomic E-state index is 6.10. The van der Waals surface area contributed by atoms with E-state index in [2.05, 4.69) is 76.2 Å². The molecule has 3 heterocycles. The maximum Gasteiger partial charge on any atom is 0.194 e. The minimum atomic E-state index is 0. The first-order valence-corrected chi connectivity index (χ1v) is 11.5. The number of halogens is 1. The van der Waals surface area contributed by atoms with Crippen LogP contribution in [0.1, 0.15) is 35.3 Å². The number of morpholine rings is 2. The summed E-state index contributed by atoms with van der Waals surface area (Å²) in [6.07, 6.45) is 2.25. The fourth-order valence-electron chi connectivity index (χ4n) is 4.46. The number of aromatic nitrogens is 1. The Bertz CT molecular complexity index is 937. The SMILES string of the molecule is CN=C(NCc1ccc(N2CCOC(C)C2)nc1)N1CCOC(c2ccc(C)cc2C)C1.I. The second-order valence-electron chi connectivity index (χ2n) is 8.72. The van der Waals surface area contributed by atoms with Gasteiger partial charge in [-0.25, -0.2) is 4.98 Å². The number of hydrogen-bond acceptors (Lipinski definition) is 5. The lowest BCUT2D eigenvalue weighted by Crippen LogP contribution is -2.48. The molecule has 7 nitrogen and oxygen atoms in total. The van der Waals surface area contributed by atoms with Crippen LogP contribution in [0.5, 0.6) is 0 Å². The average Bonchev–Trinajstić information content (AvgIpc) is 2.80. The highest BCUT2D eigenvalue weighted by atomic mass is 127. The molecule has 1 N–H and O–H groups in total. The van der Waals surface area contributed by atoms with Crippen molar-refractivity contribution in [1.29, 1.82) is 0 Å². The van der Waals surface area contributed by atoms with Gasteiger partial charge in [-0.1, -0.05) is 29.8 Å². The van der Waals surface area contributed by atoms with Gasteiger partial charge in [-0.05, 0) is 43.5 Å². The van der Waals surface area contributed by atoms with Crippen LogP contribution in [0.15, 0.2) is 41.5 Å². The summed E-state index contributed by atoms with van der Waals surface area (Å²) in [7, 11) is 1.84. The third-order valence-corrected chi connectivity index (χ3v) is 6.17. The second kappa shape index (κ2) is 12.0. The molecule has 2 aliphatic rings. The number of nitrogens with one attached hydrogen (secondary N) is 1. The molecule has 1 aromatic heterocycles. The largest absolute Gasteiger partial charge is 0.375 e. The number of aryl methyl sites for hydroxylation is 2. The quantitative estimate of drug-likeness (QED) is 0.347. The molecule has 2 unspecified atom stereocenters. The normalized spacial score (nSPS) is 21.5. The molecule has 8 heteroatoms. The summed E-state index contributed by atoms with van der Waals surface area (Å²) < 4.78 is 11.7. The molecular weight excluding hydrogens is 529 g/mol. The molecule has 0 spiro atoms. The van der Waals surface area contributed by atoms with E-state index in [0.29, 0.717) is 13.2 Å². The molecule has 0 amide bonds. The summed E-state index contributed by atoms with van der Waals surface area (Å²) in [5.74, 6) is 1.91. The Hall–Kier alpha value is -1.91. The van der Waals surface area contributed by atoms with Crippen molar-refractivity contribution in [3.63, 3.8) is 0 Å². The molecule has 180 valence electrons. The molecule has 2 fully saturated rings. The van der Waals surface area contributed by atoms with Gasteiger partial charge in [0, 0.05) is 39.4 Å². The summed E-state index contributed by atoms with van der Waals surface area (Å²) in [5, 5.41) is 3.50. The van der Waals surface area contributed by atoms with Crippen molar-refractivity contribution in [3.05, 3.63) is 58.8 Å². The zero-order valence-electron chi connectivity index (χ0n) is 20.1. The van der Waals surface area contributed by atoms with Crippen molar-refractivity contribution in [1.82, 2.24) is 15.2 Å². The van der Waals surface area contributed by atoms with Gasteiger partial charge in [0.05, 0.1) is 25.9 Å². The van der Waals surface area contributed by atoms with E-state index in [0.717, 1.165) is 50.1 Å². The van der Waals surface area contributed by atoms with E-state index in [9.17, 15) is 0 Å². The first-order chi connectivity index (χ1) is 15.5. The van der Waals surface area contributed by atoms with Crippen LogP contribution < -0.4 is 10.2 Å². The Morgan fingerprint density at radius 1 is 1.12 bits per heavy atom. The first-order valence-electron chi connectivity index (χ1n) is 11.5. The van der Waals surface area contributed by atoms with Crippen molar-refractivity contribution in [2.24, 2.45) is 4.99 Å². The van der Waals surface area contributed by atoms with E-state index in [1.54, 1.807) is 0 Å². The van der Waals surface area contributed by atoms with E-state index in [1.807, 2.05) is 13.2 Å². The topological polar surface area (TPSA) is 62.2 Å². The van der Waals surface area contributed by atoms with Gasteiger partial charge in [-0.3, -0.25) is 4.99 Å². The van der Waals surface area contributed by atoms with Gasteiger partial charge in [0.25, 0.3) is 0 Å². The second-order valence-corrected chi connectivity index (χ2v) is 8.72. The predicted molar refractivity (Wildman–Crippen MR) is 144 cm³/mol. The molecule has 0 bridgehead atoms. The van der Waals surface area contributed by atoms with Crippen LogP contribution in [0.3, 0.4) is 0 Å². The highest BCUT2D eigenvalue weighted by Crippen LogP contribution is 2.26. The fourth-order valence-corrected chi connectivity index (χ4v) is 4.46. The number of aliphatic imine (C=N–C) groups is 1. The van der Waals surface area contributed by atoms with Gasteiger partial charge in [0.2, 0.25) is 0 Å². The van der Waals surface area contributed by atoms with Crippen LogP contribution in [0, 0.1) is 13.8 Å². The summed E-state index contributed by atoms with van der Waals surface area (Å²) in [6.45, 7) is 11.9. The van der Waals surface area contributed by atoms with Crippen molar-refractivity contribution >= 4 is 35.8 Å². The molecule has 0 saturated carbocycles. The van der Waals surface area contributed by atoms with E-state index >= 15 is 0 Å². The van der Waals surface area contributed by atoms with Crippen molar-refractivity contribution in [3.8, 4) is 0 Å². The molecular formula is C25H36IN5O2. The van der Waals surface area contributed by atoms with Crippen molar-refractivity contribution in [2.45, 2.75) is 39.5 Å². The number of benzene rings is 1. The highest BCUT2D eigenvalue weighted by Gasteiger charge is 2.25. The molecule has 2 atom stereocenters. The molecule has 33 heavy (non-hydrogen) atoms. The molecule has 4 rings (SSSR count). The van der Waals surface area contributed by atoms with Gasteiger partial charge in [0.15, 0.2) is 5.96 Å². The molecule has 0 aliphatic carbocycles. The Labute approximate surface area is 214 Å². The highest BCUT2D eigenvalue weighted by molar-refractivity contribution is 14.0. The minimum Gasteiger partial charge on any atom is -0.375 e. The molecule has 2 saturated heterocycles. The summed E-state index contributed by atoms with van der Waals surface area (Å²) in [4.78, 5) is 13.8. The Morgan fingerprint density at radius 3 is 2.64 bits per heavy atom. The van der Waals surface area contributed by atoms with E-state index in [4.69, 9.17) is 9.47 Å². The molecule has 2 aliphatic heterocycles. The number of anilines is 1. The first kappa shape index (κ1) is 25.7. The molecule has 0 radical (unpaired) electrons.